The quantitative estimate of drug-likeness (QED) is 0.0195. The fraction of sp³-hybridized carbons (Fsp3) is 0.557. The topological polar surface area (TPSA) is 111 Å². The number of ether oxygens (including phenoxy) is 4. The van der Waals surface area contributed by atoms with E-state index in [2.05, 4.69) is 184 Å². The van der Waals surface area contributed by atoms with Crippen LogP contribution in [0.15, 0.2) is 170 Å². The van der Waals surface area contributed by atoms with Crippen molar-refractivity contribution in [3.8, 4) is 0 Å². The van der Waals surface area contributed by atoms with Crippen LogP contribution in [0.5, 0.6) is 0 Å². The molecular weight excluding hydrogens is 983 g/mol. The predicted octanol–water partition coefficient (Wildman–Crippen LogP) is 17.0. The van der Waals surface area contributed by atoms with Crippen molar-refractivity contribution in [1.29, 1.82) is 0 Å². The van der Waals surface area contributed by atoms with Crippen LogP contribution in [0.3, 0.4) is 0 Å². The number of allylic oxidation sites excluding steroid dienone is 28. The second-order valence-corrected chi connectivity index (χ2v) is 20.5. The minimum Gasteiger partial charge on any atom is -0.545 e. The summed E-state index contributed by atoms with van der Waals surface area (Å²) in [6.45, 7) is 4.44. The molecule has 0 N–H and O–H groups in total. The van der Waals surface area contributed by atoms with Gasteiger partial charge in [0.2, 0.25) is 0 Å². The van der Waals surface area contributed by atoms with Gasteiger partial charge in [-0.25, -0.2) is 0 Å². The van der Waals surface area contributed by atoms with Crippen LogP contribution in [0.25, 0.3) is 0 Å². The Bertz CT molecular complexity index is 1900. The van der Waals surface area contributed by atoms with E-state index in [9.17, 15) is 19.5 Å². The van der Waals surface area contributed by atoms with E-state index < -0.39 is 24.3 Å². The highest BCUT2D eigenvalue weighted by Gasteiger charge is 2.22. The summed E-state index contributed by atoms with van der Waals surface area (Å²) in [6.07, 6.45) is 85.5. The number of esters is 2. The predicted molar refractivity (Wildman–Crippen MR) is 333 cm³/mol. The molecule has 0 bridgehead atoms. The van der Waals surface area contributed by atoms with Crippen LogP contribution in [0.2, 0.25) is 0 Å². The highest BCUT2D eigenvalue weighted by atomic mass is 16.7. The van der Waals surface area contributed by atoms with Crippen molar-refractivity contribution in [1.82, 2.24) is 0 Å². The Balaban J connectivity index is 4.34. The van der Waals surface area contributed by atoms with Crippen molar-refractivity contribution in [2.45, 2.75) is 206 Å². The molecule has 0 fully saturated rings. The van der Waals surface area contributed by atoms with E-state index >= 15 is 0 Å². The second-order valence-electron chi connectivity index (χ2n) is 20.5. The molecular formula is C70H109NO8. The normalized spacial score (nSPS) is 14.0. The van der Waals surface area contributed by atoms with E-state index in [0.717, 1.165) is 154 Å². The number of hydrogen-bond acceptors (Lipinski definition) is 8. The molecule has 0 rings (SSSR count). The van der Waals surface area contributed by atoms with Gasteiger partial charge in [-0.3, -0.25) is 9.59 Å². The van der Waals surface area contributed by atoms with Crippen LogP contribution in [0.1, 0.15) is 194 Å². The van der Waals surface area contributed by atoms with E-state index in [0.29, 0.717) is 23.9 Å². The zero-order valence-corrected chi connectivity index (χ0v) is 50.2. The van der Waals surface area contributed by atoms with Crippen molar-refractivity contribution in [2.75, 3.05) is 47.5 Å². The summed E-state index contributed by atoms with van der Waals surface area (Å²) in [7, 11) is 5.89. The van der Waals surface area contributed by atoms with Crippen molar-refractivity contribution in [2.24, 2.45) is 0 Å². The van der Waals surface area contributed by atoms with Gasteiger partial charge in [-0.1, -0.05) is 223 Å². The molecule has 2 unspecified atom stereocenters. The molecule has 0 aromatic heterocycles. The fourth-order valence-electron chi connectivity index (χ4n) is 7.38. The molecule has 0 aromatic rings. The molecule has 79 heavy (non-hydrogen) atoms. The van der Waals surface area contributed by atoms with Crippen molar-refractivity contribution < 1.29 is 42.9 Å². The van der Waals surface area contributed by atoms with Crippen LogP contribution in [0.4, 0.5) is 0 Å². The van der Waals surface area contributed by atoms with Gasteiger partial charge < -0.3 is 33.3 Å². The first kappa shape index (κ1) is 73.7. The third-order valence-corrected chi connectivity index (χ3v) is 12.0. The lowest BCUT2D eigenvalue weighted by molar-refractivity contribution is -0.870. The second kappa shape index (κ2) is 58.8. The molecule has 0 spiro atoms. The maximum absolute atomic E-state index is 12.9. The third kappa shape index (κ3) is 60.1. The molecule has 0 heterocycles. The minimum atomic E-state index is -1.64. The fourth-order valence-corrected chi connectivity index (χ4v) is 7.38. The van der Waals surface area contributed by atoms with Crippen LogP contribution in [0, 0.1) is 0 Å². The smallest absolute Gasteiger partial charge is 0.306 e. The van der Waals surface area contributed by atoms with Gasteiger partial charge in [-0.2, -0.15) is 0 Å². The Morgan fingerprint density at radius 2 is 0.684 bits per heavy atom. The van der Waals surface area contributed by atoms with Crippen molar-refractivity contribution in [3.63, 3.8) is 0 Å². The highest BCUT2D eigenvalue weighted by Crippen LogP contribution is 2.13. The Morgan fingerprint density at radius 1 is 0.380 bits per heavy atom. The number of likely N-dealkylation sites (N-methyl/N-ethyl adjacent to an activating group) is 1. The number of carbonyl (C=O) groups is 3. The van der Waals surface area contributed by atoms with Gasteiger partial charge in [0, 0.05) is 12.8 Å². The molecule has 9 heteroatoms. The Labute approximate surface area is 482 Å². The Morgan fingerprint density at radius 3 is 1.01 bits per heavy atom. The molecule has 0 aliphatic rings. The van der Waals surface area contributed by atoms with E-state index in [1.165, 1.54) is 0 Å². The number of nitrogens with zero attached hydrogens (tertiary/aromatic N) is 1. The minimum absolute atomic E-state index is 0.129. The van der Waals surface area contributed by atoms with Crippen molar-refractivity contribution in [3.05, 3.63) is 170 Å². The molecule has 0 saturated carbocycles. The first-order valence-electron chi connectivity index (χ1n) is 30.3. The zero-order valence-electron chi connectivity index (χ0n) is 50.2. The number of carbonyl (C=O) groups excluding carboxylic acids is 3. The third-order valence-electron chi connectivity index (χ3n) is 12.0. The van der Waals surface area contributed by atoms with E-state index in [1.54, 1.807) is 0 Å². The maximum Gasteiger partial charge on any atom is 0.306 e. The summed E-state index contributed by atoms with van der Waals surface area (Å²) < 4.78 is 22.6. The standard InChI is InChI=1S/C70H109NO8/c1-6-8-10-12-14-16-18-20-22-24-26-27-28-29-30-31-32-33-34-35-36-37-38-39-40-41-43-45-47-49-51-53-55-57-59-61-68(73)79-66(65-78-70(69(74)75)76-63-62-71(3,4)5)64-77-67(72)60-58-56-54-52-50-48-46-44-42-25-23-21-19-17-15-13-11-9-7-2/h8-11,14-17,20-23,26-27,29-30,32-33,35-36,38-39,41-44,47,49,66,70H,6-7,12-13,18-19,24-25,28,31,34,37,40,45-46,48,50-65H2,1-5H3/b10-8-,11-9-,16-14-,17-15-,22-20-,23-21-,27-26-,30-29-,33-32-,36-35-,39-38-,43-41-,44-42-,49-47-. The van der Waals surface area contributed by atoms with Crippen LogP contribution in [-0.2, 0) is 33.3 Å². The summed E-state index contributed by atoms with van der Waals surface area (Å²) >= 11 is 0. The molecule has 0 aliphatic heterocycles. The molecule has 0 aromatic carbocycles. The number of carboxylic acid groups (broad SMARTS) is 1. The van der Waals surface area contributed by atoms with Gasteiger partial charge in [-0.05, 0) is 128 Å². The molecule has 442 valence electrons. The molecule has 2 atom stereocenters. The lowest BCUT2D eigenvalue weighted by Gasteiger charge is -2.26. The molecule has 9 nitrogen and oxygen atoms in total. The first-order valence-corrected chi connectivity index (χ1v) is 30.3. The van der Waals surface area contributed by atoms with Gasteiger partial charge in [-0.15, -0.1) is 0 Å². The SMILES string of the molecule is CC/C=C\C/C=C\C/C=C\C/C=C\C/C=C\C/C=C\C/C=C\C/C=C\C/C=C\C/C=C\CCCCCCC(=O)OC(COC(=O)CCCCCCCC/C=C\C/C=C\C/C=C\C/C=C\CC)COC(OCC[N+](C)(C)C)C(=O)[O-]. The number of unbranched alkanes of at least 4 members (excludes halogenated alkanes) is 10. The summed E-state index contributed by atoms with van der Waals surface area (Å²) in [5.74, 6) is -2.36. The Hall–Kier alpha value is -5.35. The van der Waals surface area contributed by atoms with Gasteiger partial charge in [0.05, 0.1) is 40.3 Å². The maximum atomic E-state index is 12.9. The molecule has 0 radical (unpaired) electrons. The number of aliphatic carboxylic acids is 1. The lowest BCUT2D eigenvalue weighted by Crippen LogP contribution is -2.44. The lowest BCUT2D eigenvalue weighted by atomic mass is 10.1. The molecule has 0 amide bonds. The average Bonchev–Trinajstić information content (AvgIpc) is 3.42. The Kier molecular flexibility index (Phi) is 54.8. The number of quaternary nitrogens is 1. The largest absolute Gasteiger partial charge is 0.545 e. The number of hydrogen-bond donors (Lipinski definition) is 0. The van der Waals surface area contributed by atoms with Gasteiger partial charge in [0.1, 0.15) is 13.2 Å². The molecule has 0 saturated heterocycles. The van der Waals surface area contributed by atoms with E-state index in [1.807, 2.05) is 21.1 Å². The number of rotatable bonds is 53. The zero-order chi connectivity index (χ0) is 57.6. The van der Waals surface area contributed by atoms with Crippen LogP contribution < -0.4 is 5.11 Å². The van der Waals surface area contributed by atoms with Gasteiger partial charge in [0.15, 0.2) is 12.4 Å². The average molecular weight is 1090 g/mol. The van der Waals surface area contributed by atoms with Crippen LogP contribution >= 0.6 is 0 Å². The van der Waals surface area contributed by atoms with Crippen LogP contribution in [-0.4, -0.2) is 82.3 Å². The number of carboxylic acids is 1. The first-order chi connectivity index (χ1) is 38.6. The van der Waals surface area contributed by atoms with E-state index in [4.69, 9.17) is 18.9 Å². The van der Waals surface area contributed by atoms with Gasteiger partial charge >= 0.3 is 11.9 Å². The monoisotopic (exact) mass is 1090 g/mol. The summed E-state index contributed by atoms with van der Waals surface area (Å²) in [5, 5.41) is 11.8. The molecule has 0 aliphatic carbocycles. The van der Waals surface area contributed by atoms with E-state index in [-0.39, 0.29) is 38.6 Å². The summed E-state index contributed by atoms with van der Waals surface area (Å²) in [6, 6.07) is 0. The van der Waals surface area contributed by atoms with Crippen molar-refractivity contribution >= 4 is 17.9 Å². The highest BCUT2D eigenvalue weighted by molar-refractivity contribution is 5.70. The van der Waals surface area contributed by atoms with Gasteiger partial charge in [0.25, 0.3) is 0 Å². The summed E-state index contributed by atoms with van der Waals surface area (Å²) in [4.78, 5) is 37.3. The summed E-state index contributed by atoms with van der Waals surface area (Å²) in [5.41, 5.74) is 0.